The first-order valence-electron chi connectivity index (χ1n) is 8.55. The minimum absolute atomic E-state index is 0.0459. The first kappa shape index (κ1) is 17.8. The molecule has 1 fully saturated rings. The molecule has 5 heteroatoms. The molecule has 5 nitrogen and oxygen atoms in total. The van der Waals surface area contributed by atoms with Crippen LogP contribution in [0.2, 0.25) is 0 Å². The molecule has 0 saturated carbocycles. The van der Waals surface area contributed by atoms with Crippen molar-refractivity contribution in [2.75, 3.05) is 37.6 Å². The third kappa shape index (κ3) is 5.22. The molecule has 1 aromatic carbocycles. The third-order valence-corrected chi connectivity index (χ3v) is 4.44. The molecule has 0 radical (unpaired) electrons. The first-order valence-corrected chi connectivity index (χ1v) is 8.55. The average molecular weight is 318 g/mol. The number of benzene rings is 1. The molecule has 1 heterocycles. The fourth-order valence-electron chi connectivity index (χ4n) is 2.90. The highest BCUT2D eigenvalue weighted by atomic mass is 16.2. The summed E-state index contributed by atoms with van der Waals surface area (Å²) in [6, 6.07) is 10.2. The maximum atomic E-state index is 12.0. The van der Waals surface area contributed by atoms with Gasteiger partial charge in [0.05, 0.1) is 6.04 Å². The van der Waals surface area contributed by atoms with Crippen LogP contribution >= 0.6 is 0 Å². The molecule has 0 aromatic heterocycles. The van der Waals surface area contributed by atoms with Crippen molar-refractivity contribution in [2.45, 2.75) is 32.9 Å². The lowest BCUT2D eigenvalue weighted by atomic mass is 10.0. The van der Waals surface area contributed by atoms with Crippen LogP contribution in [0.25, 0.3) is 0 Å². The van der Waals surface area contributed by atoms with Crippen LogP contribution in [-0.2, 0) is 4.79 Å². The summed E-state index contributed by atoms with van der Waals surface area (Å²) in [5.41, 5.74) is 7.18. The van der Waals surface area contributed by atoms with Crippen LogP contribution in [0.4, 0.5) is 5.69 Å². The minimum atomic E-state index is -0.424. The lowest BCUT2D eigenvalue weighted by Gasteiger charge is -2.37. The summed E-state index contributed by atoms with van der Waals surface area (Å²) in [6.07, 6.45) is 0. The molecule has 1 saturated heterocycles. The lowest BCUT2D eigenvalue weighted by Crippen LogP contribution is -2.53. The highest BCUT2D eigenvalue weighted by Gasteiger charge is 2.22. The Morgan fingerprint density at radius 2 is 1.74 bits per heavy atom. The van der Waals surface area contributed by atoms with Crippen molar-refractivity contribution < 1.29 is 4.79 Å². The van der Waals surface area contributed by atoms with Gasteiger partial charge in [0, 0.05) is 44.5 Å². The summed E-state index contributed by atoms with van der Waals surface area (Å²) < 4.78 is 0. The van der Waals surface area contributed by atoms with Gasteiger partial charge in [-0.05, 0) is 25.0 Å². The summed E-state index contributed by atoms with van der Waals surface area (Å²) in [4.78, 5) is 16.8. The normalized spacial score (nSPS) is 18.7. The number of nitrogens with two attached hydrogens (primary N) is 1. The Morgan fingerprint density at radius 1 is 1.13 bits per heavy atom. The average Bonchev–Trinajstić information content (AvgIpc) is 2.55. The van der Waals surface area contributed by atoms with E-state index < -0.39 is 6.04 Å². The van der Waals surface area contributed by atoms with E-state index in [2.05, 4.69) is 46.3 Å². The fourth-order valence-corrected chi connectivity index (χ4v) is 2.90. The Labute approximate surface area is 139 Å². The lowest BCUT2D eigenvalue weighted by molar-refractivity contribution is -0.123. The summed E-state index contributed by atoms with van der Waals surface area (Å²) in [5, 5.41) is 3.03. The number of piperazine rings is 1. The number of amides is 1. The number of rotatable bonds is 6. The molecule has 1 aromatic rings. The Balaban J connectivity index is 1.74. The first-order chi connectivity index (χ1) is 11.0. The second-order valence-corrected chi connectivity index (χ2v) is 6.80. The van der Waals surface area contributed by atoms with Crippen molar-refractivity contribution in [1.29, 1.82) is 0 Å². The zero-order valence-electron chi connectivity index (χ0n) is 14.5. The van der Waals surface area contributed by atoms with Crippen LogP contribution in [0, 0.1) is 5.92 Å². The number of carbonyl (C=O) groups excluding carboxylic acids is 1. The predicted octanol–water partition coefficient (Wildman–Crippen LogP) is 1.30. The van der Waals surface area contributed by atoms with Gasteiger partial charge in [0.2, 0.25) is 5.91 Å². The largest absolute Gasteiger partial charge is 0.369 e. The zero-order chi connectivity index (χ0) is 16.8. The smallest absolute Gasteiger partial charge is 0.237 e. The molecule has 128 valence electrons. The molecular weight excluding hydrogens is 288 g/mol. The standard InChI is InChI=1S/C18H30N4O/c1-14(2)17(19)18(23)20-15(3)13-21-9-11-22(12-10-21)16-7-5-4-6-8-16/h4-8,14-15,17H,9-13,19H2,1-3H3,(H,20,23)/t15?,17-/m0/s1. The fraction of sp³-hybridized carbons (Fsp3) is 0.611. The number of nitrogens with one attached hydrogen (secondary N) is 1. The van der Waals surface area contributed by atoms with Gasteiger partial charge in [-0.2, -0.15) is 0 Å². The number of anilines is 1. The van der Waals surface area contributed by atoms with Crippen LogP contribution in [0.15, 0.2) is 30.3 Å². The van der Waals surface area contributed by atoms with E-state index in [0.717, 1.165) is 32.7 Å². The molecule has 2 rings (SSSR count). The van der Waals surface area contributed by atoms with E-state index in [1.807, 2.05) is 19.9 Å². The van der Waals surface area contributed by atoms with Gasteiger partial charge in [-0.15, -0.1) is 0 Å². The van der Waals surface area contributed by atoms with Gasteiger partial charge in [-0.3, -0.25) is 9.69 Å². The summed E-state index contributed by atoms with van der Waals surface area (Å²) in [5.74, 6) is 0.118. The predicted molar refractivity (Wildman–Crippen MR) is 95.5 cm³/mol. The maximum absolute atomic E-state index is 12.0. The summed E-state index contributed by atoms with van der Waals surface area (Å²) in [6.45, 7) is 11.0. The van der Waals surface area contributed by atoms with Crippen molar-refractivity contribution >= 4 is 11.6 Å². The van der Waals surface area contributed by atoms with Crippen LogP contribution in [0.5, 0.6) is 0 Å². The maximum Gasteiger partial charge on any atom is 0.237 e. The van der Waals surface area contributed by atoms with E-state index in [9.17, 15) is 4.79 Å². The Hall–Kier alpha value is -1.59. The van der Waals surface area contributed by atoms with Gasteiger partial charge in [0.1, 0.15) is 0 Å². The molecule has 3 N–H and O–H groups in total. The molecule has 1 aliphatic heterocycles. The van der Waals surface area contributed by atoms with E-state index in [1.54, 1.807) is 0 Å². The zero-order valence-corrected chi connectivity index (χ0v) is 14.5. The highest BCUT2D eigenvalue weighted by molar-refractivity contribution is 5.81. The Bertz CT molecular complexity index is 483. The quantitative estimate of drug-likeness (QED) is 0.830. The van der Waals surface area contributed by atoms with Crippen molar-refractivity contribution in [3.8, 4) is 0 Å². The molecule has 1 unspecified atom stereocenters. The van der Waals surface area contributed by atoms with Crippen LogP contribution in [-0.4, -0.2) is 55.6 Å². The van der Waals surface area contributed by atoms with Gasteiger partial charge in [0.25, 0.3) is 0 Å². The van der Waals surface area contributed by atoms with Crippen molar-refractivity contribution in [2.24, 2.45) is 11.7 Å². The van der Waals surface area contributed by atoms with Crippen molar-refractivity contribution in [1.82, 2.24) is 10.2 Å². The SMILES string of the molecule is CC(CN1CCN(c2ccccc2)CC1)NC(=O)[C@@H](N)C(C)C. The summed E-state index contributed by atoms with van der Waals surface area (Å²) >= 11 is 0. The number of para-hydroxylation sites is 1. The number of nitrogens with zero attached hydrogens (tertiary/aromatic N) is 2. The van der Waals surface area contributed by atoms with E-state index in [0.29, 0.717) is 0 Å². The minimum Gasteiger partial charge on any atom is -0.369 e. The molecule has 0 spiro atoms. The van der Waals surface area contributed by atoms with E-state index in [4.69, 9.17) is 5.73 Å². The van der Waals surface area contributed by atoms with Gasteiger partial charge < -0.3 is 16.0 Å². The van der Waals surface area contributed by atoms with Gasteiger partial charge in [-0.25, -0.2) is 0 Å². The van der Waals surface area contributed by atoms with Gasteiger partial charge in [-0.1, -0.05) is 32.0 Å². The molecular formula is C18H30N4O. The molecule has 2 atom stereocenters. The third-order valence-electron chi connectivity index (χ3n) is 4.44. The molecule has 0 aliphatic carbocycles. The highest BCUT2D eigenvalue weighted by Crippen LogP contribution is 2.15. The van der Waals surface area contributed by atoms with Crippen LogP contribution < -0.4 is 16.0 Å². The second kappa shape index (κ2) is 8.31. The van der Waals surface area contributed by atoms with Crippen LogP contribution in [0.1, 0.15) is 20.8 Å². The van der Waals surface area contributed by atoms with E-state index in [1.165, 1.54) is 5.69 Å². The van der Waals surface area contributed by atoms with Crippen molar-refractivity contribution in [3.05, 3.63) is 30.3 Å². The Morgan fingerprint density at radius 3 is 2.30 bits per heavy atom. The Kier molecular flexibility index (Phi) is 6.42. The number of hydrogen-bond acceptors (Lipinski definition) is 4. The van der Waals surface area contributed by atoms with E-state index in [-0.39, 0.29) is 17.9 Å². The molecule has 1 aliphatic rings. The second-order valence-electron chi connectivity index (χ2n) is 6.80. The number of carbonyl (C=O) groups is 1. The van der Waals surface area contributed by atoms with Gasteiger partial charge >= 0.3 is 0 Å². The topological polar surface area (TPSA) is 61.6 Å². The number of hydrogen-bond donors (Lipinski definition) is 2. The van der Waals surface area contributed by atoms with Crippen LogP contribution in [0.3, 0.4) is 0 Å². The van der Waals surface area contributed by atoms with E-state index >= 15 is 0 Å². The molecule has 23 heavy (non-hydrogen) atoms. The van der Waals surface area contributed by atoms with Crippen molar-refractivity contribution in [3.63, 3.8) is 0 Å². The molecule has 1 amide bonds. The molecule has 0 bridgehead atoms. The summed E-state index contributed by atoms with van der Waals surface area (Å²) in [7, 11) is 0. The van der Waals surface area contributed by atoms with Gasteiger partial charge in [0.15, 0.2) is 0 Å². The monoisotopic (exact) mass is 318 g/mol.